The lowest BCUT2D eigenvalue weighted by Gasteiger charge is -1.99. The summed E-state index contributed by atoms with van der Waals surface area (Å²) >= 11 is 0. The molecule has 0 saturated carbocycles. The van der Waals surface area contributed by atoms with E-state index in [-0.39, 0.29) is 5.91 Å². The first kappa shape index (κ1) is 15.5. The SMILES string of the molecule is COc1ccc(/C=C/C(=O)N/N=C\c2cccc(C)c2)cc1. The fraction of sp³-hybridized carbons (Fsp3) is 0.111. The first-order chi connectivity index (χ1) is 10.7. The van der Waals surface area contributed by atoms with Gasteiger partial charge in [0.2, 0.25) is 0 Å². The third-order valence-corrected chi connectivity index (χ3v) is 2.97. The predicted octanol–water partition coefficient (Wildman–Crippen LogP) is 3.17. The molecular weight excluding hydrogens is 276 g/mol. The lowest BCUT2D eigenvalue weighted by Crippen LogP contribution is -2.14. The van der Waals surface area contributed by atoms with Crippen LogP contribution in [-0.2, 0) is 4.79 Å². The number of benzene rings is 2. The van der Waals surface area contributed by atoms with Gasteiger partial charge in [0.15, 0.2) is 0 Å². The molecule has 0 spiro atoms. The van der Waals surface area contributed by atoms with Crippen molar-refractivity contribution in [1.82, 2.24) is 5.43 Å². The van der Waals surface area contributed by atoms with E-state index in [4.69, 9.17) is 4.74 Å². The second-order valence-corrected chi connectivity index (χ2v) is 4.75. The zero-order valence-corrected chi connectivity index (χ0v) is 12.6. The van der Waals surface area contributed by atoms with Crippen molar-refractivity contribution in [3.63, 3.8) is 0 Å². The number of amides is 1. The Hall–Kier alpha value is -2.88. The number of methoxy groups -OCH3 is 1. The van der Waals surface area contributed by atoms with E-state index in [1.54, 1.807) is 19.4 Å². The molecular formula is C18H18N2O2. The van der Waals surface area contributed by atoms with Crippen molar-refractivity contribution >= 4 is 18.2 Å². The fourth-order valence-electron chi connectivity index (χ4n) is 1.85. The molecule has 0 aliphatic heterocycles. The number of hydrazone groups is 1. The molecule has 0 radical (unpaired) electrons. The summed E-state index contributed by atoms with van der Waals surface area (Å²) < 4.78 is 5.08. The highest BCUT2D eigenvalue weighted by Gasteiger charge is 1.94. The van der Waals surface area contributed by atoms with Gasteiger partial charge in [0, 0.05) is 6.08 Å². The molecule has 0 aliphatic carbocycles. The van der Waals surface area contributed by atoms with Crippen LogP contribution in [-0.4, -0.2) is 19.2 Å². The summed E-state index contributed by atoms with van der Waals surface area (Å²) in [4.78, 5) is 11.7. The molecule has 1 amide bonds. The van der Waals surface area contributed by atoms with E-state index in [0.717, 1.165) is 22.4 Å². The van der Waals surface area contributed by atoms with E-state index in [2.05, 4.69) is 10.5 Å². The molecule has 2 aromatic rings. The molecule has 0 fully saturated rings. The van der Waals surface area contributed by atoms with Crippen molar-refractivity contribution in [3.8, 4) is 5.75 Å². The largest absolute Gasteiger partial charge is 0.497 e. The Labute approximate surface area is 130 Å². The molecule has 22 heavy (non-hydrogen) atoms. The number of nitrogens with one attached hydrogen (secondary N) is 1. The van der Waals surface area contributed by atoms with Crippen LogP contribution in [0.3, 0.4) is 0 Å². The van der Waals surface area contributed by atoms with E-state index in [0.29, 0.717) is 0 Å². The number of carbonyl (C=O) groups is 1. The molecule has 0 unspecified atom stereocenters. The van der Waals surface area contributed by atoms with Gasteiger partial charge in [-0.25, -0.2) is 5.43 Å². The molecule has 2 rings (SSSR count). The number of hydrogen-bond donors (Lipinski definition) is 1. The zero-order chi connectivity index (χ0) is 15.8. The third kappa shape index (κ3) is 4.90. The van der Waals surface area contributed by atoms with Crippen molar-refractivity contribution < 1.29 is 9.53 Å². The summed E-state index contributed by atoms with van der Waals surface area (Å²) in [6.07, 6.45) is 4.78. The topological polar surface area (TPSA) is 50.7 Å². The van der Waals surface area contributed by atoms with Crippen molar-refractivity contribution in [1.29, 1.82) is 0 Å². The molecule has 4 nitrogen and oxygen atoms in total. The van der Waals surface area contributed by atoms with Gasteiger partial charge in [-0.1, -0.05) is 42.0 Å². The van der Waals surface area contributed by atoms with Crippen molar-refractivity contribution in [2.45, 2.75) is 6.92 Å². The van der Waals surface area contributed by atoms with Crippen LogP contribution in [0.4, 0.5) is 0 Å². The number of rotatable bonds is 5. The van der Waals surface area contributed by atoms with Gasteiger partial charge in [0.25, 0.3) is 5.91 Å². The van der Waals surface area contributed by atoms with E-state index in [1.165, 1.54) is 6.08 Å². The van der Waals surface area contributed by atoms with Gasteiger partial charge in [0.05, 0.1) is 13.3 Å². The number of hydrogen-bond acceptors (Lipinski definition) is 3. The van der Waals surface area contributed by atoms with Crippen LogP contribution < -0.4 is 10.2 Å². The Balaban J connectivity index is 1.88. The van der Waals surface area contributed by atoms with Gasteiger partial charge in [-0.3, -0.25) is 4.79 Å². The maximum absolute atomic E-state index is 11.7. The molecule has 0 aliphatic rings. The van der Waals surface area contributed by atoms with Crippen LogP contribution in [0, 0.1) is 6.92 Å². The highest BCUT2D eigenvalue weighted by molar-refractivity contribution is 5.92. The van der Waals surface area contributed by atoms with Crippen molar-refractivity contribution in [2.24, 2.45) is 5.10 Å². The van der Waals surface area contributed by atoms with Crippen LogP contribution in [0.25, 0.3) is 6.08 Å². The summed E-state index contributed by atoms with van der Waals surface area (Å²) in [5.74, 6) is 0.504. The molecule has 0 saturated heterocycles. The quantitative estimate of drug-likeness (QED) is 0.523. The Bertz CT molecular complexity index is 688. The monoisotopic (exact) mass is 294 g/mol. The number of carbonyl (C=O) groups excluding carboxylic acids is 1. The Kier molecular flexibility index (Phi) is 5.49. The van der Waals surface area contributed by atoms with E-state index >= 15 is 0 Å². The Morgan fingerprint density at radius 1 is 1.14 bits per heavy atom. The molecule has 0 bridgehead atoms. The van der Waals surface area contributed by atoms with Crippen LogP contribution in [0.2, 0.25) is 0 Å². The summed E-state index contributed by atoms with van der Waals surface area (Å²) in [7, 11) is 1.62. The van der Waals surface area contributed by atoms with Gasteiger partial charge in [0.1, 0.15) is 5.75 Å². The predicted molar refractivity (Wildman–Crippen MR) is 88.9 cm³/mol. The lowest BCUT2D eigenvalue weighted by atomic mass is 10.2. The van der Waals surface area contributed by atoms with Crippen molar-refractivity contribution in [2.75, 3.05) is 7.11 Å². The highest BCUT2D eigenvalue weighted by Crippen LogP contribution is 2.12. The van der Waals surface area contributed by atoms with Crippen molar-refractivity contribution in [3.05, 3.63) is 71.3 Å². The minimum Gasteiger partial charge on any atom is -0.497 e. The Morgan fingerprint density at radius 3 is 2.59 bits per heavy atom. The minimum absolute atomic E-state index is 0.278. The summed E-state index contributed by atoms with van der Waals surface area (Å²) in [5.41, 5.74) is 5.47. The summed E-state index contributed by atoms with van der Waals surface area (Å²) in [6, 6.07) is 15.3. The second-order valence-electron chi connectivity index (χ2n) is 4.75. The number of nitrogens with zero attached hydrogens (tertiary/aromatic N) is 1. The average Bonchev–Trinajstić information content (AvgIpc) is 2.53. The van der Waals surface area contributed by atoms with Crippen LogP contribution in [0.15, 0.2) is 59.7 Å². The Morgan fingerprint density at radius 2 is 1.91 bits per heavy atom. The van der Waals surface area contributed by atoms with E-state index < -0.39 is 0 Å². The smallest absolute Gasteiger partial charge is 0.264 e. The van der Waals surface area contributed by atoms with Gasteiger partial charge in [-0.2, -0.15) is 5.10 Å². The standard InChI is InChI=1S/C18H18N2O2/c1-14-4-3-5-16(12-14)13-19-20-18(21)11-8-15-6-9-17(22-2)10-7-15/h3-13H,1-2H3,(H,20,21)/b11-8+,19-13-. The average molecular weight is 294 g/mol. The minimum atomic E-state index is -0.278. The molecule has 112 valence electrons. The molecule has 1 N–H and O–H groups in total. The number of aryl methyl sites for hydroxylation is 1. The highest BCUT2D eigenvalue weighted by atomic mass is 16.5. The van der Waals surface area contributed by atoms with Crippen LogP contribution >= 0.6 is 0 Å². The maximum Gasteiger partial charge on any atom is 0.264 e. The van der Waals surface area contributed by atoms with Gasteiger partial charge in [-0.05, 0) is 36.3 Å². The van der Waals surface area contributed by atoms with E-state index in [9.17, 15) is 4.79 Å². The van der Waals surface area contributed by atoms with E-state index in [1.807, 2.05) is 55.5 Å². The fourth-order valence-corrected chi connectivity index (χ4v) is 1.85. The molecule has 4 heteroatoms. The summed E-state index contributed by atoms with van der Waals surface area (Å²) in [5, 5.41) is 3.93. The lowest BCUT2D eigenvalue weighted by molar-refractivity contribution is -0.116. The third-order valence-electron chi connectivity index (χ3n) is 2.97. The molecule has 0 aromatic heterocycles. The van der Waals surface area contributed by atoms with Crippen LogP contribution in [0.1, 0.15) is 16.7 Å². The van der Waals surface area contributed by atoms with Gasteiger partial charge < -0.3 is 4.74 Å². The first-order valence-electron chi connectivity index (χ1n) is 6.89. The first-order valence-corrected chi connectivity index (χ1v) is 6.89. The van der Waals surface area contributed by atoms with Gasteiger partial charge in [-0.15, -0.1) is 0 Å². The molecule has 2 aromatic carbocycles. The van der Waals surface area contributed by atoms with Crippen LogP contribution in [0.5, 0.6) is 5.75 Å². The zero-order valence-electron chi connectivity index (χ0n) is 12.6. The molecule has 0 heterocycles. The number of ether oxygens (including phenoxy) is 1. The van der Waals surface area contributed by atoms with Gasteiger partial charge >= 0.3 is 0 Å². The maximum atomic E-state index is 11.7. The molecule has 0 atom stereocenters. The normalized spacial score (nSPS) is 11.0. The summed E-state index contributed by atoms with van der Waals surface area (Å²) in [6.45, 7) is 2.01. The second kappa shape index (κ2) is 7.78.